The summed E-state index contributed by atoms with van der Waals surface area (Å²) in [5.41, 5.74) is 6.01. The van der Waals surface area contributed by atoms with E-state index >= 15 is 0 Å². The number of benzene rings is 2. The summed E-state index contributed by atoms with van der Waals surface area (Å²) in [4.78, 5) is 0. The van der Waals surface area contributed by atoms with Crippen molar-refractivity contribution in [2.45, 2.75) is 32.2 Å². The van der Waals surface area contributed by atoms with E-state index in [1.807, 2.05) is 6.07 Å². The summed E-state index contributed by atoms with van der Waals surface area (Å²) in [6.07, 6.45) is 5.69. The first-order chi connectivity index (χ1) is 10.6. The van der Waals surface area contributed by atoms with Gasteiger partial charge in [0.1, 0.15) is 5.75 Å². The Morgan fingerprint density at radius 2 is 1.82 bits per heavy atom. The molecular weight excluding hydrogens is 270 g/mol. The minimum atomic E-state index is 0.251. The molecule has 3 unspecified atom stereocenters. The molecule has 2 aromatic rings. The predicted molar refractivity (Wildman–Crippen MR) is 90.4 cm³/mol. The van der Waals surface area contributed by atoms with Crippen LogP contribution in [-0.4, -0.2) is 5.11 Å². The summed E-state index contributed by atoms with van der Waals surface area (Å²) in [7, 11) is 0. The Morgan fingerprint density at radius 3 is 2.59 bits per heavy atom. The van der Waals surface area contributed by atoms with Gasteiger partial charge in [-0.05, 0) is 48.9 Å². The van der Waals surface area contributed by atoms with Gasteiger partial charge in [0.25, 0.3) is 0 Å². The fourth-order valence-electron chi connectivity index (χ4n) is 3.99. The lowest BCUT2D eigenvalue weighted by atomic mass is 9.75. The van der Waals surface area contributed by atoms with Crippen molar-refractivity contribution >= 4 is 5.69 Å². The van der Waals surface area contributed by atoms with Gasteiger partial charge in [0.05, 0.1) is 11.7 Å². The summed E-state index contributed by atoms with van der Waals surface area (Å²) in [5.74, 6) is 1.28. The van der Waals surface area contributed by atoms with E-state index in [1.165, 1.54) is 22.3 Å². The van der Waals surface area contributed by atoms with Crippen LogP contribution in [0.25, 0.3) is 0 Å². The zero-order chi connectivity index (χ0) is 15.3. The molecule has 1 heterocycles. The van der Waals surface area contributed by atoms with Gasteiger partial charge in [-0.1, -0.05) is 48.0 Å². The molecular formula is C20H21NO. The monoisotopic (exact) mass is 291 g/mol. The molecule has 0 aromatic heterocycles. The zero-order valence-electron chi connectivity index (χ0n) is 13.0. The second-order valence-electron chi connectivity index (χ2n) is 6.58. The number of phenols is 1. The molecule has 0 spiro atoms. The Hall–Kier alpha value is -2.22. The van der Waals surface area contributed by atoms with Crippen LogP contribution in [0.2, 0.25) is 0 Å². The molecule has 0 saturated carbocycles. The normalized spacial score (nSPS) is 25.5. The minimum Gasteiger partial charge on any atom is -0.506 e. The van der Waals surface area contributed by atoms with Gasteiger partial charge in [-0.25, -0.2) is 0 Å². The third-order valence-electron chi connectivity index (χ3n) is 5.15. The molecule has 0 saturated heterocycles. The quantitative estimate of drug-likeness (QED) is 0.582. The van der Waals surface area contributed by atoms with Gasteiger partial charge in [0, 0.05) is 5.92 Å². The van der Waals surface area contributed by atoms with E-state index in [4.69, 9.17) is 0 Å². The van der Waals surface area contributed by atoms with Crippen LogP contribution in [0.15, 0.2) is 48.6 Å². The van der Waals surface area contributed by atoms with Gasteiger partial charge in [0.2, 0.25) is 0 Å². The number of phenolic OH excluding ortho intramolecular Hbond substituents is 1. The molecule has 22 heavy (non-hydrogen) atoms. The smallest absolute Gasteiger partial charge is 0.139 e. The standard InChI is InChI=1S/C20H21NO/c1-12-6-9-14(10-7-12)19-16-5-3-4-15(16)18-13(2)8-11-17(22)20(18)21-19/h3-4,6-11,15-16,19,21-22H,5H2,1-2H3. The molecule has 2 aromatic carbocycles. The molecule has 1 aliphatic carbocycles. The van der Waals surface area contributed by atoms with Gasteiger partial charge in [0.15, 0.2) is 0 Å². The van der Waals surface area contributed by atoms with E-state index in [1.54, 1.807) is 6.07 Å². The second-order valence-corrected chi connectivity index (χ2v) is 6.58. The number of allylic oxidation sites excluding steroid dienone is 2. The Balaban J connectivity index is 1.84. The van der Waals surface area contributed by atoms with E-state index < -0.39 is 0 Å². The van der Waals surface area contributed by atoms with Crippen molar-refractivity contribution in [3.05, 3.63) is 70.8 Å². The Morgan fingerprint density at radius 1 is 1.05 bits per heavy atom. The van der Waals surface area contributed by atoms with Crippen molar-refractivity contribution in [3.63, 3.8) is 0 Å². The van der Waals surface area contributed by atoms with Gasteiger partial charge in [-0.2, -0.15) is 0 Å². The number of anilines is 1. The lowest BCUT2D eigenvalue weighted by Gasteiger charge is -2.38. The highest BCUT2D eigenvalue weighted by Crippen LogP contribution is 2.52. The Bertz CT molecular complexity index is 745. The van der Waals surface area contributed by atoms with Gasteiger partial charge >= 0.3 is 0 Å². The first-order valence-corrected chi connectivity index (χ1v) is 7.97. The molecule has 4 rings (SSSR count). The van der Waals surface area contributed by atoms with Crippen LogP contribution in [0.1, 0.15) is 40.6 Å². The molecule has 2 N–H and O–H groups in total. The molecule has 112 valence electrons. The van der Waals surface area contributed by atoms with Crippen LogP contribution in [0.4, 0.5) is 5.69 Å². The Labute approximate surface area is 131 Å². The lowest BCUT2D eigenvalue weighted by molar-refractivity contribution is 0.414. The maximum absolute atomic E-state index is 10.3. The maximum Gasteiger partial charge on any atom is 0.139 e. The number of fused-ring (bicyclic) bond motifs is 3. The second kappa shape index (κ2) is 4.91. The number of aryl methyl sites for hydroxylation is 2. The number of hydrogen-bond donors (Lipinski definition) is 2. The van der Waals surface area contributed by atoms with Crippen LogP contribution < -0.4 is 5.32 Å². The number of hydrogen-bond acceptors (Lipinski definition) is 2. The van der Waals surface area contributed by atoms with E-state index in [9.17, 15) is 5.11 Å². The largest absolute Gasteiger partial charge is 0.506 e. The summed E-state index contributed by atoms with van der Waals surface area (Å²) in [6.45, 7) is 4.25. The highest BCUT2D eigenvalue weighted by Gasteiger charge is 2.39. The van der Waals surface area contributed by atoms with Gasteiger partial charge in [-0.3, -0.25) is 0 Å². The molecule has 0 bridgehead atoms. The maximum atomic E-state index is 10.3. The van der Waals surface area contributed by atoms with Crippen LogP contribution in [-0.2, 0) is 0 Å². The Kier molecular flexibility index (Phi) is 3.00. The van der Waals surface area contributed by atoms with Crippen molar-refractivity contribution in [1.29, 1.82) is 0 Å². The van der Waals surface area contributed by atoms with Crippen molar-refractivity contribution in [2.24, 2.45) is 5.92 Å². The average molecular weight is 291 g/mol. The summed E-state index contributed by atoms with van der Waals surface area (Å²) in [6, 6.07) is 12.8. The molecule has 1 aliphatic heterocycles. The number of nitrogens with one attached hydrogen (secondary N) is 1. The average Bonchev–Trinajstić information content (AvgIpc) is 3.00. The van der Waals surface area contributed by atoms with Gasteiger partial charge in [-0.15, -0.1) is 0 Å². The van der Waals surface area contributed by atoms with Gasteiger partial charge < -0.3 is 10.4 Å². The van der Waals surface area contributed by atoms with E-state index in [0.717, 1.165) is 12.1 Å². The minimum absolute atomic E-state index is 0.251. The molecule has 2 nitrogen and oxygen atoms in total. The van der Waals surface area contributed by atoms with E-state index in [2.05, 4.69) is 55.6 Å². The van der Waals surface area contributed by atoms with Crippen LogP contribution in [0, 0.1) is 19.8 Å². The summed E-state index contributed by atoms with van der Waals surface area (Å²) < 4.78 is 0. The first-order valence-electron chi connectivity index (χ1n) is 7.97. The summed E-state index contributed by atoms with van der Waals surface area (Å²) >= 11 is 0. The highest BCUT2D eigenvalue weighted by atomic mass is 16.3. The number of rotatable bonds is 1. The fraction of sp³-hybridized carbons (Fsp3) is 0.300. The zero-order valence-corrected chi connectivity index (χ0v) is 13.0. The van der Waals surface area contributed by atoms with E-state index in [0.29, 0.717) is 17.6 Å². The predicted octanol–water partition coefficient (Wildman–Crippen LogP) is 4.84. The van der Waals surface area contributed by atoms with E-state index in [-0.39, 0.29) is 6.04 Å². The molecule has 2 aliphatic rings. The van der Waals surface area contributed by atoms with Crippen molar-refractivity contribution in [1.82, 2.24) is 0 Å². The lowest BCUT2D eigenvalue weighted by Crippen LogP contribution is -2.29. The molecule has 0 radical (unpaired) electrons. The molecule has 3 atom stereocenters. The van der Waals surface area contributed by atoms with Crippen LogP contribution in [0.3, 0.4) is 0 Å². The SMILES string of the molecule is Cc1ccc(C2Nc3c(O)ccc(C)c3C3C=CCC32)cc1. The van der Waals surface area contributed by atoms with Crippen LogP contribution in [0.5, 0.6) is 5.75 Å². The third kappa shape index (κ3) is 1.94. The summed E-state index contributed by atoms with van der Waals surface area (Å²) in [5, 5.41) is 13.9. The van der Waals surface area contributed by atoms with Crippen molar-refractivity contribution < 1.29 is 5.11 Å². The van der Waals surface area contributed by atoms with Crippen LogP contribution >= 0.6 is 0 Å². The number of aromatic hydroxyl groups is 1. The topological polar surface area (TPSA) is 32.3 Å². The van der Waals surface area contributed by atoms with Crippen molar-refractivity contribution in [2.75, 3.05) is 5.32 Å². The molecule has 2 heteroatoms. The third-order valence-corrected chi connectivity index (χ3v) is 5.15. The highest BCUT2D eigenvalue weighted by molar-refractivity contribution is 5.69. The fourth-order valence-corrected chi connectivity index (χ4v) is 3.99. The molecule has 0 fully saturated rings. The van der Waals surface area contributed by atoms with Crippen molar-refractivity contribution in [3.8, 4) is 5.75 Å². The first kappa shape index (κ1) is 13.4. The molecule has 0 amide bonds.